The van der Waals surface area contributed by atoms with Gasteiger partial charge in [-0.05, 0) is 12.8 Å². The molecule has 1 aliphatic carbocycles. The van der Waals surface area contributed by atoms with Gasteiger partial charge in [-0.25, -0.2) is 0 Å². The molecule has 0 unspecified atom stereocenters. The van der Waals surface area contributed by atoms with Crippen LogP contribution in [-0.2, 0) is 9.63 Å². The molecule has 0 radical (unpaired) electrons. The predicted molar refractivity (Wildman–Crippen MR) is 49.8 cm³/mol. The quantitative estimate of drug-likeness (QED) is 0.502. The molecule has 1 amide bonds. The highest BCUT2D eigenvalue weighted by Crippen LogP contribution is 2.16. The molecule has 13 heavy (non-hydrogen) atoms. The Hall–Kier alpha value is -0.610. The second-order valence-electron chi connectivity index (χ2n) is 3.56. The van der Waals surface area contributed by atoms with Crippen molar-refractivity contribution in [1.29, 1.82) is 0 Å². The van der Waals surface area contributed by atoms with E-state index in [9.17, 15) is 4.79 Å². The molecule has 0 saturated heterocycles. The van der Waals surface area contributed by atoms with E-state index in [2.05, 4.69) is 5.48 Å². The number of carbonyl (C=O) groups is 1. The molecule has 0 aromatic carbocycles. The minimum absolute atomic E-state index is 0.0312. The van der Waals surface area contributed by atoms with E-state index in [1.807, 2.05) is 0 Å². The van der Waals surface area contributed by atoms with E-state index < -0.39 is 5.91 Å². The highest BCUT2D eigenvalue weighted by Gasteiger charge is 2.11. The number of nitrogens with two attached hydrogens (primary N) is 1. The molecule has 1 aliphatic rings. The molecule has 0 heterocycles. The van der Waals surface area contributed by atoms with Gasteiger partial charge in [-0.3, -0.25) is 9.63 Å². The Morgan fingerprint density at radius 3 is 2.46 bits per heavy atom. The van der Waals surface area contributed by atoms with Crippen LogP contribution in [0.15, 0.2) is 0 Å². The molecular weight excluding hydrogens is 168 g/mol. The van der Waals surface area contributed by atoms with E-state index in [1.54, 1.807) is 0 Å². The van der Waals surface area contributed by atoms with Crippen molar-refractivity contribution in [3.63, 3.8) is 0 Å². The lowest BCUT2D eigenvalue weighted by Gasteiger charge is -2.14. The largest absolute Gasteiger partial charge is 0.368 e. The van der Waals surface area contributed by atoms with Gasteiger partial charge in [0.2, 0.25) is 5.91 Å². The number of hydrogen-bond acceptors (Lipinski definition) is 3. The van der Waals surface area contributed by atoms with E-state index >= 15 is 0 Å². The fourth-order valence-electron chi connectivity index (χ4n) is 1.63. The third kappa shape index (κ3) is 4.85. The first-order valence-corrected chi connectivity index (χ1v) is 4.94. The lowest BCUT2D eigenvalue weighted by atomic mass is 10.1. The lowest BCUT2D eigenvalue weighted by Crippen LogP contribution is -2.32. The second-order valence-corrected chi connectivity index (χ2v) is 3.56. The molecule has 3 N–H and O–H groups in total. The molecule has 0 aromatic heterocycles. The van der Waals surface area contributed by atoms with Gasteiger partial charge < -0.3 is 5.73 Å². The summed E-state index contributed by atoms with van der Waals surface area (Å²) in [6.45, 7) is -0.0312. The lowest BCUT2D eigenvalue weighted by molar-refractivity contribution is -0.126. The highest BCUT2D eigenvalue weighted by atomic mass is 16.6. The topological polar surface area (TPSA) is 64.4 Å². The van der Waals surface area contributed by atoms with E-state index in [4.69, 9.17) is 10.6 Å². The molecule has 0 aromatic rings. The summed E-state index contributed by atoms with van der Waals surface area (Å²) in [7, 11) is 0. The van der Waals surface area contributed by atoms with Crippen LogP contribution in [0.25, 0.3) is 0 Å². The van der Waals surface area contributed by atoms with Gasteiger partial charge in [0.25, 0.3) is 0 Å². The summed E-state index contributed by atoms with van der Waals surface area (Å²) in [4.78, 5) is 15.3. The molecule has 76 valence electrons. The van der Waals surface area contributed by atoms with Gasteiger partial charge in [0.1, 0.15) is 6.61 Å². The van der Waals surface area contributed by atoms with Crippen molar-refractivity contribution in [3.8, 4) is 0 Å². The summed E-state index contributed by atoms with van der Waals surface area (Å²) in [5.41, 5.74) is 7.83. The van der Waals surface area contributed by atoms with E-state index in [0.717, 1.165) is 12.8 Å². The third-order valence-electron chi connectivity index (χ3n) is 2.32. The normalized spacial score (nSPS) is 19.7. The first kappa shape index (κ1) is 10.5. The van der Waals surface area contributed by atoms with Gasteiger partial charge in [-0.2, -0.15) is 5.48 Å². The number of rotatable bonds is 4. The minimum atomic E-state index is -0.430. The van der Waals surface area contributed by atoms with Crippen molar-refractivity contribution >= 4 is 5.91 Å². The maximum absolute atomic E-state index is 10.4. The van der Waals surface area contributed by atoms with E-state index in [-0.39, 0.29) is 6.61 Å². The van der Waals surface area contributed by atoms with Crippen molar-refractivity contribution in [2.24, 2.45) is 5.73 Å². The van der Waals surface area contributed by atoms with Gasteiger partial charge >= 0.3 is 0 Å². The van der Waals surface area contributed by atoms with Crippen molar-refractivity contribution < 1.29 is 9.63 Å². The van der Waals surface area contributed by atoms with Crippen LogP contribution in [0.2, 0.25) is 0 Å². The molecular formula is C9H18N2O2. The first-order valence-electron chi connectivity index (χ1n) is 4.94. The molecule has 0 spiro atoms. The Kier molecular flexibility index (Phi) is 4.78. The highest BCUT2D eigenvalue weighted by molar-refractivity contribution is 5.74. The molecule has 0 atom stereocenters. The van der Waals surface area contributed by atoms with Gasteiger partial charge in [0.15, 0.2) is 0 Å². The van der Waals surface area contributed by atoms with Crippen molar-refractivity contribution in [2.45, 2.75) is 44.6 Å². The van der Waals surface area contributed by atoms with Gasteiger partial charge in [0, 0.05) is 6.04 Å². The first-order chi connectivity index (χ1) is 6.29. The zero-order valence-electron chi connectivity index (χ0n) is 7.92. The monoisotopic (exact) mass is 186 g/mol. The number of hydrogen-bond donors (Lipinski definition) is 2. The summed E-state index contributed by atoms with van der Waals surface area (Å²) < 4.78 is 0. The van der Waals surface area contributed by atoms with Crippen molar-refractivity contribution in [1.82, 2.24) is 5.48 Å². The molecule has 1 saturated carbocycles. The average Bonchev–Trinajstić information content (AvgIpc) is 2.32. The zero-order chi connectivity index (χ0) is 9.52. The Bertz CT molecular complexity index is 154. The van der Waals surface area contributed by atoms with Crippen molar-refractivity contribution in [2.75, 3.05) is 6.61 Å². The molecule has 4 heteroatoms. The van der Waals surface area contributed by atoms with Crippen LogP contribution in [0.3, 0.4) is 0 Å². The van der Waals surface area contributed by atoms with Gasteiger partial charge in [0.05, 0.1) is 0 Å². The summed E-state index contributed by atoms with van der Waals surface area (Å²) in [5.74, 6) is -0.430. The number of hydroxylamine groups is 1. The smallest absolute Gasteiger partial charge is 0.245 e. The fraction of sp³-hybridized carbons (Fsp3) is 0.889. The predicted octanol–water partition coefficient (Wildman–Crippen LogP) is 0.716. The SMILES string of the molecule is NC(=O)CONC1CCCCCC1. The van der Waals surface area contributed by atoms with Crippen LogP contribution in [0.1, 0.15) is 38.5 Å². The average molecular weight is 186 g/mol. The third-order valence-corrected chi connectivity index (χ3v) is 2.32. The number of nitrogens with one attached hydrogen (secondary N) is 1. The standard InChI is InChI=1S/C9H18N2O2/c10-9(12)7-13-11-8-5-3-1-2-4-6-8/h8,11H,1-7H2,(H2,10,12). The Morgan fingerprint density at radius 2 is 1.92 bits per heavy atom. The van der Waals surface area contributed by atoms with Gasteiger partial charge in [-0.15, -0.1) is 0 Å². The summed E-state index contributed by atoms with van der Waals surface area (Å²) >= 11 is 0. The summed E-state index contributed by atoms with van der Waals surface area (Å²) in [6.07, 6.45) is 7.40. The maximum Gasteiger partial charge on any atom is 0.245 e. The molecule has 1 rings (SSSR count). The van der Waals surface area contributed by atoms with Crippen LogP contribution in [0.5, 0.6) is 0 Å². The fourth-order valence-corrected chi connectivity index (χ4v) is 1.63. The van der Waals surface area contributed by atoms with E-state index in [1.165, 1.54) is 25.7 Å². The Morgan fingerprint density at radius 1 is 1.31 bits per heavy atom. The Balaban J connectivity index is 2.08. The van der Waals surface area contributed by atoms with Crippen LogP contribution >= 0.6 is 0 Å². The Labute approximate surface area is 78.8 Å². The van der Waals surface area contributed by atoms with Gasteiger partial charge in [-0.1, -0.05) is 25.7 Å². The summed E-state index contributed by atoms with van der Waals surface area (Å²) in [5, 5.41) is 0. The maximum atomic E-state index is 10.4. The molecule has 0 aliphatic heterocycles. The summed E-state index contributed by atoms with van der Waals surface area (Å²) in [6, 6.07) is 0.404. The second kappa shape index (κ2) is 5.94. The number of carbonyl (C=O) groups excluding carboxylic acids is 1. The number of primary amides is 1. The molecule has 4 nitrogen and oxygen atoms in total. The van der Waals surface area contributed by atoms with Crippen LogP contribution < -0.4 is 11.2 Å². The number of amides is 1. The van der Waals surface area contributed by atoms with Crippen LogP contribution in [0.4, 0.5) is 0 Å². The van der Waals surface area contributed by atoms with Crippen LogP contribution in [-0.4, -0.2) is 18.6 Å². The molecule has 0 bridgehead atoms. The van der Waals surface area contributed by atoms with E-state index in [0.29, 0.717) is 6.04 Å². The van der Waals surface area contributed by atoms with Crippen LogP contribution in [0, 0.1) is 0 Å². The zero-order valence-corrected chi connectivity index (χ0v) is 7.92. The molecule has 1 fully saturated rings. The van der Waals surface area contributed by atoms with Crippen molar-refractivity contribution in [3.05, 3.63) is 0 Å². The minimum Gasteiger partial charge on any atom is -0.368 e.